The van der Waals surface area contributed by atoms with Gasteiger partial charge in [-0.2, -0.15) is 0 Å². The van der Waals surface area contributed by atoms with Crippen molar-refractivity contribution in [2.24, 2.45) is 0 Å². The number of carbonyl (C=O) groups is 3. The predicted octanol–water partition coefficient (Wildman–Crippen LogP) is 2.55. The zero-order valence-electron chi connectivity index (χ0n) is 16.2. The van der Waals surface area contributed by atoms with Gasteiger partial charge in [0.2, 0.25) is 11.8 Å². The van der Waals surface area contributed by atoms with Crippen LogP contribution in [0.25, 0.3) is 0 Å². The van der Waals surface area contributed by atoms with Crippen LogP contribution in [0.15, 0.2) is 41.0 Å². The number of amides is 3. The molecular formula is C21H24FN3O4. The van der Waals surface area contributed by atoms with E-state index in [-0.39, 0.29) is 36.5 Å². The number of hydrogen-bond donors (Lipinski definition) is 2. The van der Waals surface area contributed by atoms with Gasteiger partial charge in [-0.15, -0.1) is 0 Å². The first kappa shape index (κ1) is 20.6. The second kappa shape index (κ2) is 9.36. The van der Waals surface area contributed by atoms with E-state index in [2.05, 4.69) is 10.6 Å². The topological polar surface area (TPSA) is 91.7 Å². The van der Waals surface area contributed by atoms with E-state index in [1.165, 1.54) is 23.3 Å². The Hall–Kier alpha value is -3.16. The number of rotatable bonds is 7. The molecule has 1 fully saturated rings. The Bertz CT molecular complexity index is 876. The highest BCUT2D eigenvalue weighted by atomic mass is 19.1. The lowest BCUT2D eigenvalue weighted by atomic mass is 10.2. The van der Waals surface area contributed by atoms with Gasteiger partial charge in [0.25, 0.3) is 5.91 Å². The minimum absolute atomic E-state index is 0.0738. The maximum Gasteiger partial charge on any atom is 0.287 e. The van der Waals surface area contributed by atoms with Gasteiger partial charge in [-0.25, -0.2) is 4.39 Å². The standard InChI is InChI=1S/C21H24FN3O4/c1-14-8-9-16(11-17(14)22)25(13-19(26)24-15-5-2-3-6-15)20(27)12-23-21(28)18-7-4-10-29-18/h4,7-11,15H,2-3,5-6,12-13H2,1H3,(H,23,28)(H,24,26). The average Bonchev–Trinajstić information content (AvgIpc) is 3.40. The average molecular weight is 401 g/mol. The van der Waals surface area contributed by atoms with Crippen LogP contribution in [0, 0.1) is 12.7 Å². The SMILES string of the molecule is Cc1ccc(N(CC(=O)NC2CCCC2)C(=O)CNC(=O)c2ccco2)cc1F. The van der Waals surface area contributed by atoms with Crippen LogP contribution in [0.2, 0.25) is 0 Å². The zero-order valence-corrected chi connectivity index (χ0v) is 16.2. The van der Waals surface area contributed by atoms with E-state index in [0.717, 1.165) is 25.7 Å². The third-order valence-corrected chi connectivity index (χ3v) is 4.94. The number of benzene rings is 1. The highest BCUT2D eigenvalue weighted by Crippen LogP contribution is 2.20. The van der Waals surface area contributed by atoms with Gasteiger partial charge in [-0.1, -0.05) is 18.9 Å². The van der Waals surface area contributed by atoms with E-state index in [9.17, 15) is 18.8 Å². The highest BCUT2D eigenvalue weighted by Gasteiger charge is 2.23. The summed E-state index contributed by atoms with van der Waals surface area (Å²) in [5.41, 5.74) is 0.689. The minimum Gasteiger partial charge on any atom is -0.459 e. The fraction of sp³-hybridized carbons (Fsp3) is 0.381. The number of aryl methyl sites for hydroxylation is 1. The summed E-state index contributed by atoms with van der Waals surface area (Å²) in [7, 11) is 0. The fourth-order valence-corrected chi connectivity index (χ4v) is 3.31. The number of furan rings is 1. The van der Waals surface area contributed by atoms with Gasteiger partial charge in [0.15, 0.2) is 5.76 Å². The van der Waals surface area contributed by atoms with Crippen LogP contribution in [0.1, 0.15) is 41.8 Å². The number of hydrogen-bond acceptors (Lipinski definition) is 4. The van der Waals surface area contributed by atoms with Crippen molar-refractivity contribution in [3.05, 3.63) is 53.7 Å². The maximum absolute atomic E-state index is 14.0. The third kappa shape index (κ3) is 5.43. The predicted molar refractivity (Wildman–Crippen MR) is 105 cm³/mol. The molecule has 1 aromatic carbocycles. The first-order chi connectivity index (χ1) is 13.9. The van der Waals surface area contributed by atoms with Crippen LogP contribution in [-0.4, -0.2) is 36.9 Å². The highest BCUT2D eigenvalue weighted by molar-refractivity contribution is 6.02. The van der Waals surface area contributed by atoms with Gasteiger partial charge in [0.05, 0.1) is 12.8 Å². The number of carbonyl (C=O) groups excluding carboxylic acids is 3. The lowest BCUT2D eigenvalue weighted by Gasteiger charge is -2.24. The van der Waals surface area contributed by atoms with Gasteiger partial charge in [0.1, 0.15) is 12.4 Å². The molecule has 1 aliphatic carbocycles. The Morgan fingerprint density at radius 2 is 1.97 bits per heavy atom. The summed E-state index contributed by atoms with van der Waals surface area (Å²) >= 11 is 0. The monoisotopic (exact) mass is 401 g/mol. The maximum atomic E-state index is 14.0. The molecule has 0 atom stereocenters. The van der Waals surface area contributed by atoms with Crippen molar-refractivity contribution in [2.75, 3.05) is 18.0 Å². The van der Waals surface area contributed by atoms with E-state index < -0.39 is 17.6 Å². The van der Waals surface area contributed by atoms with E-state index in [4.69, 9.17) is 4.42 Å². The summed E-state index contributed by atoms with van der Waals surface area (Å²) < 4.78 is 19.0. The summed E-state index contributed by atoms with van der Waals surface area (Å²) in [5.74, 6) is -1.80. The number of nitrogens with one attached hydrogen (secondary N) is 2. The van der Waals surface area contributed by atoms with Crippen molar-refractivity contribution in [1.82, 2.24) is 10.6 Å². The molecule has 0 aliphatic heterocycles. The lowest BCUT2D eigenvalue weighted by molar-refractivity contribution is -0.123. The summed E-state index contributed by atoms with van der Waals surface area (Å²) in [6, 6.07) is 7.47. The smallest absolute Gasteiger partial charge is 0.287 e. The summed E-state index contributed by atoms with van der Waals surface area (Å²) in [6.45, 7) is 1.00. The molecule has 2 N–H and O–H groups in total. The van der Waals surface area contributed by atoms with Crippen molar-refractivity contribution in [3.63, 3.8) is 0 Å². The number of halogens is 1. The molecule has 1 aliphatic rings. The molecule has 8 heteroatoms. The first-order valence-corrected chi connectivity index (χ1v) is 9.61. The van der Waals surface area contributed by atoms with Crippen molar-refractivity contribution >= 4 is 23.4 Å². The van der Waals surface area contributed by atoms with E-state index in [0.29, 0.717) is 5.56 Å². The molecule has 3 amide bonds. The lowest BCUT2D eigenvalue weighted by Crippen LogP contribution is -2.47. The fourth-order valence-electron chi connectivity index (χ4n) is 3.31. The van der Waals surface area contributed by atoms with Gasteiger partial charge >= 0.3 is 0 Å². The molecule has 0 bridgehead atoms. The van der Waals surface area contributed by atoms with Crippen molar-refractivity contribution in [1.29, 1.82) is 0 Å². The Morgan fingerprint density at radius 3 is 2.62 bits per heavy atom. The molecule has 0 saturated heterocycles. The van der Waals surface area contributed by atoms with Crippen molar-refractivity contribution in [2.45, 2.75) is 38.6 Å². The molecule has 1 saturated carbocycles. The van der Waals surface area contributed by atoms with Gasteiger partial charge < -0.3 is 20.0 Å². The molecule has 3 rings (SSSR count). The molecule has 154 valence electrons. The van der Waals surface area contributed by atoms with Crippen LogP contribution >= 0.6 is 0 Å². The zero-order chi connectivity index (χ0) is 20.8. The molecular weight excluding hydrogens is 377 g/mol. The largest absolute Gasteiger partial charge is 0.459 e. The van der Waals surface area contributed by atoms with Crippen LogP contribution in [0.5, 0.6) is 0 Å². The Balaban J connectivity index is 1.70. The van der Waals surface area contributed by atoms with Crippen LogP contribution in [-0.2, 0) is 9.59 Å². The molecule has 1 heterocycles. The van der Waals surface area contributed by atoms with Crippen LogP contribution in [0.4, 0.5) is 10.1 Å². The van der Waals surface area contributed by atoms with Crippen LogP contribution in [0.3, 0.4) is 0 Å². The first-order valence-electron chi connectivity index (χ1n) is 9.61. The molecule has 2 aromatic rings. The Morgan fingerprint density at radius 1 is 1.21 bits per heavy atom. The third-order valence-electron chi connectivity index (χ3n) is 4.94. The number of nitrogens with zero attached hydrogens (tertiary/aromatic N) is 1. The molecule has 29 heavy (non-hydrogen) atoms. The van der Waals surface area contributed by atoms with Crippen molar-refractivity contribution in [3.8, 4) is 0 Å². The van der Waals surface area contributed by atoms with Gasteiger partial charge in [-0.3, -0.25) is 14.4 Å². The normalized spacial score (nSPS) is 13.9. The van der Waals surface area contributed by atoms with E-state index >= 15 is 0 Å². The van der Waals surface area contributed by atoms with Crippen LogP contribution < -0.4 is 15.5 Å². The molecule has 7 nitrogen and oxygen atoms in total. The van der Waals surface area contributed by atoms with E-state index in [1.807, 2.05) is 0 Å². The Labute approximate surface area is 168 Å². The summed E-state index contributed by atoms with van der Waals surface area (Å²) in [4.78, 5) is 38.4. The number of anilines is 1. The second-order valence-electron chi connectivity index (χ2n) is 7.12. The molecule has 0 spiro atoms. The summed E-state index contributed by atoms with van der Waals surface area (Å²) in [5, 5.41) is 5.38. The quantitative estimate of drug-likeness (QED) is 0.746. The minimum atomic E-state index is -0.547. The van der Waals surface area contributed by atoms with Crippen molar-refractivity contribution < 1.29 is 23.2 Å². The van der Waals surface area contributed by atoms with Gasteiger partial charge in [-0.05, 0) is 49.6 Å². The molecule has 0 unspecified atom stereocenters. The molecule has 0 radical (unpaired) electrons. The summed E-state index contributed by atoms with van der Waals surface area (Å²) in [6.07, 6.45) is 5.31. The Kier molecular flexibility index (Phi) is 6.64. The van der Waals surface area contributed by atoms with E-state index in [1.54, 1.807) is 25.1 Å². The van der Waals surface area contributed by atoms with Gasteiger partial charge in [0, 0.05) is 11.7 Å². The second-order valence-corrected chi connectivity index (χ2v) is 7.12. The molecule has 1 aromatic heterocycles.